The Bertz CT molecular complexity index is 409. The Morgan fingerprint density at radius 1 is 1.09 bits per heavy atom. The molecule has 1 aliphatic heterocycles. The van der Waals surface area contributed by atoms with Crippen LogP contribution < -0.4 is 5.73 Å². The number of ether oxygens (including phenoxy) is 2. The minimum absolute atomic E-state index is 0.00822. The van der Waals surface area contributed by atoms with Crippen LogP contribution in [0.3, 0.4) is 0 Å². The first-order valence-corrected chi connectivity index (χ1v) is 7.84. The molecule has 1 fully saturated rings. The molecule has 22 heavy (non-hydrogen) atoms. The zero-order chi connectivity index (χ0) is 17.1. The number of esters is 1. The molecule has 1 rings (SSSR count). The van der Waals surface area contributed by atoms with Gasteiger partial charge in [-0.2, -0.15) is 0 Å². The van der Waals surface area contributed by atoms with E-state index >= 15 is 0 Å². The van der Waals surface area contributed by atoms with Crippen molar-refractivity contribution in [1.29, 1.82) is 0 Å². The molecule has 0 bridgehead atoms. The SMILES string of the molecule is CC(C)(C)OC(=O)CC1CC(N)CCN1C(=O)OC(C)(C)C. The van der Waals surface area contributed by atoms with Crippen LogP contribution in [0.5, 0.6) is 0 Å². The molecule has 2 unspecified atom stereocenters. The lowest BCUT2D eigenvalue weighted by Crippen LogP contribution is -2.52. The van der Waals surface area contributed by atoms with E-state index in [9.17, 15) is 9.59 Å². The van der Waals surface area contributed by atoms with Crippen molar-refractivity contribution in [2.24, 2.45) is 5.73 Å². The normalized spacial score (nSPS) is 23.1. The van der Waals surface area contributed by atoms with Gasteiger partial charge in [-0.1, -0.05) is 0 Å². The number of carbonyl (C=O) groups is 2. The highest BCUT2D eigenvalue weighted by Gasteiger charge is 2.35. The summed E-state index contributed by atoms with van der Waals surface area (Å²) in [5.41, 5.74) is 4.89. The van der Waals surface area contributed by atoms with E-state index in [2.05, 4.69) is 0 Å². The molecule has 2 atom stereocenters. The van der Waals surface area contributed by atoms with E-state index in [1.807, 2.05) is 41.5 Å². The first-order valence-electron chi connectivity index (χ1n) is 7.84. The van der Waals surface area contributed by atoms with E-state index in [1.165, 1.54) is 0 Å². The van der Waals surface area contributed by atoms with E-state index in [1.54, 1.807) is 4.90 Å². The van der Waals surface area contributed by atoms with E-state index in [0.717, 1.165) is 0 Å². The lowest BCUT2D eigenvalue weighted by molar-refractivity contribution is -0.156. The van der Waals surface area contributed by atoms with Crippen molar-refractivity contribution in [3.05, 3.63) is 0 Å². The van der Waals surface area contributed by atoms with E-state index < -0.39 is 17.3 Å². The topological polar surface area (TPSA) is 81.9 Å². The van der Waals surface area contributed by atoms with Crippen LogP contribution in [0, 0.1) is 0 Å². The van der Waals surface area contributed by atoms with E-state index in [4.69, 9.17) is 15.2 Å². The summed E-state index contributed by atoms with van der Waals surface area (Å²) < 4.78 is 10.8. The Kier molecular flexibility index (Phi) is 5.84. The second-order valence-corrected chi connectivity index (χ2v) is 7.90. The molecule has 1 heterocycles. The molecule has 0 saturated carbocycles. The second kappa shape index (κ2) is 6.86. The average Bonchev–Trinajstić information content (AvgIpc) is 2.23. The van der Waals surface area contributed by atoms with Crippen LogP contribution >= 0.6 is 0 Å². The molecule has 1 amide bonds. The molecular weight excluding hydrogens is 284 g/mol. The molecule has 6 nitrogen and oxygen atoms in total. The highest BCUT2D eigenvalue weighted by Crippen LogP contribution is 2.23. The van der Waals surface area contributed by atoms with Crippen LogP contribution in [0.15, 0.2) is 0 Å². The predicted molar refractivity (Wildman–Crippen MR) is 84.4 cm³/mol. The number of hydrogen-bond donors (Lipinski definition) is 1. The number of rotatable bonds is 2. The maximum Gasteiger partial charge on any atom is 0.410 e. The van der Waals surface area contributed by atoms with Gasteiger partial charge in [-0.3, -0.25) is 4.79 Å². The van der Waals surface area contributed by atoms with E-state index in [-0.39, 0.29) is 24.5 Å². The molecular formula is C16H30N2O4. The predicted octanol–water partition coefficient (Wildman–Crippen LogP) is 2.45. The van der Waals surface area contributed by atoms with Gasteiger partial charge in [0, 0.05) is 18.6 Å². The minimum atomic E-state index is -0.562. The Morgan fingerprint density at radius 2 is 1.64 bits per heavy atom. The van der Waals surface area contributed by atoms with Crippen LogP contribution in [0.2, 0.25) is 0 Å². The van der Waals surface area contributed by atoms with Gasteiger partial charge < -0.3 is 20.1 Å². The molecule has 1 aliphatic rings. The molecule has 0 aromatic rings. The summed E-state index contributed by atoms with van der Waals surface area (Å²) in [5.74, 6) is -0.319. The van der Waals surface area contributed by atoms with Gasteiger partial charge in [-0.15, -0.1) is 0 Å². The zero-order valence-corrected chi connectivity index (χ0v) is 14.6. The molecule has 0 aromatic carbocycles. The fourth-order valence-electron chi connectivity index (χ4n) is 2.41. The quantitative estimate of drug-likeness (QED) is 0.792. The maximum atomic E-state index is 12.3. The van der Waals surface area contributed by atoms with Crippen LogP contribution in [0.1, 0.15) is 60.8 Å². The summed E-state index contributed by atoms with van der Waals surface area (Å²) in [7, 11) is 0. The third-order valence-corrected chi connectivity index (χ3v) is 3.21. The van der Waals surface area contributed by atoms with Crippen molar-refractivity contribution >= 4 is 12.1 Å². The van der Waals surface area contributed by atoms with Crippen molar-refractivity contribution in [2.75, 3.05) is 6.54 Å². The zero-order valence-electron chi connectivity index (χ0n) is 14.6. The average molecular weight is 314 g/mol. The largest absolute Gasteiger partial charge is 0.460 e. The molecule has 2 N–H and O–H groups in total. The fourth-order valence-corrected chi connectivity index (χ4v) is 2.41. The maximum absolute atomic E-state index is 12.3. The molecule has 1 saturated heterocycles. The summed E-state index contributed by atoms with van der Waals surface area (Å²) in [5, 5.41) is 0. The molecule has 0 spiro atoms. The van der Waals surface area contributed by atoms with Gasteiger partial charge in [0.25, 0.3) is 0 Å². The number of likely N-dealkylation sites (tertiary alicyclic amines) is 1. The van der Waals surface area contributed by atoms with Crippen LogP contribution in [-0.2, 0) is 14.3 Å². The first-order chi connectivity index (χ1) is 9.87. The van der Waals surface area contributed by atoms with Gasteiger partial charge in [0.2, 0.25) is 0 Å². The highest BCUT2D eigenvalue weighted by atomic mass is 16.6. The van der Waals surface area contributed by atoms with Crippen molar-refractivity contribution in [1.82, 2.24) is 4.90 Å². The monoisotopic (exact) mass is 314 g/mol. The van der Waals surface area contributed by atoms with Gasteiger partial charge in [-0.25, -0.2) is 4.79 Å². The molecule has 0 aromatic heterocycles. The summed E-state index contributed by atoms with van der Waals surface area (Å²) in [6, 6.07) is -0.278. The summed E-state index contributed by atoms with van der Waals surface area (Å²) >= 11 is 0. The fraction of sp³-hybridized carbons (Fsp3) is 0.875. The van der Waals surface area contributed by atoms with Crippen molar-refractivity contribution in [3.63, 3.8) is 0 Å². The third-order valence-electron chi connectivity index (χ3n) is 3.21. The van der Waals surface area contributed by atoms with Gasteiger partial charge in [0.1, 0.15) is 11.2 Å². The van der Waals surface area contributed by atoms with Crippen molar-refractivity contribution in [3.8, 4) is 0 Å². The van der Waals surface area contributed by atoms with Gasteiger partial charge in [-0.05, 0) is 54.4 Å². The minimum Gasteiger partial charge on any atom is -0.460 e. The molecule has 0 aliphatic carbocycles. The smallest absolute Gasteiger partial charge is 0.410 e. The lowest BCUT2D eigenvalue weighted by Gasteiger charge is -2.38. The number of piperidine rings is 1. The third kappa shape index (κ3) is 6.64. The van der Waals surface area contributed by atoms with Gasteiger partial charge in [0.15, 0.2) is 0 Å². The van der Waals surface area contributed by atoms with Crippen molar-refractivity contribution in [2.45, 2.75) is 84.1 Å². The van der Waals surface area contributed by atoms with Crippen molar-refractivity contribution < 1.29 is 19.1 Å². The molecule has 0 radical (unpaired) electrons. The number of carbonyl (C=O) groups excluding carboxylic acids is 2. The van der Waals surface area contributed by atoms with Gasteiger partial charge >= 0.3 is 12.1 Å². The molecule has 128 valence electrons. The second-order valence-electron chi connectivity index (χ2n) is 7.90. The lowest BCUT2D eigenvalue weighted by atomic mass is 9.96. The summed E-state index contributed by atoms with van der Waals surface area (Å²) in [6.45, 7) is 11.4. The number of hydrogen-bond acceptors (Lipinski definition) is 5. The van der Waals surface area contributed by atoms with E-state index in [0.29, 0.717) is 19.4 Å². The number of amides is 1. The Hall–Kier alpha value is -1.30. The van der Waals surface area contributed by atoms with Gasteiger partial charge in [0.05, 0.1) is 6.42 Å². The molecule has 6 heteroatoms. The first kappa shape index (κ1) is 18.7. The van der Waals surface area contributed by atoms with Crippen LogP contribution in [-0.4, -0.2) is 46.8 Å². The standard InChI is InChI=1S/C16H30N2O4/c1-15(2,3)21-13(19)10-12-9-11(17)7-8-18(12)14(20)22-16(4,5)6/h11-12H,7-10,17H2,1-6H3. The number of nitrogens with two attached hydrogens (primary N) is 1. The summed E-state index contributed by atoms with van der Waals surface area (Å²) in [4.78, 5) is 26.0. The Labute approximate surface area is 133 Å². The Balaban J connectivity index is 2.73. The van der Waals surface area contributed by atoms with Crippen LogP contribution in [0.4, 0.5) is 4.79 Å². The van der Waals surface area contributed by atoms with Crippen LogP contribution in [0.25, 0.3) is 0 Å². The highest BCUT2D eigenvalue weighted by molar-refractivity contribution is 5.73. The Morgan fingerprint density at radius 3 is 2.14 bits per heavy atom. The summed E-state index contributed by atoms with van der Waals surface area (Å²) in [6.07, 6.45) is 1.04. The number of nitrogens with zero attached hydrogens (tertiary/aromatic N) is 1.